The van der Waals surface area contributed by atoms with Crippen molar-refractivity contribution >= 4 is 17.5 Å². The number of amides is 1. The molecule has 1 aromatic heterocycles. The first-order valence-corrected chi connectivity index (χ1v) is 10.8. The van der Waals surface area contributed by atoms with Gasteiger partial charge in [0.2, 0.25) is 5.89 Å². The van der Waals surface area contributed by atoms with Crippen molar-refractivity contribution in [1.29, 1.82) is 0 Å². The van der Waals surface area contributed by atoms with Gasteiger partial charge in [-0.1, -0.05) is 41.9 Å². The smallest absolute Gasteiger partial charge is 0.251 e. The molecule has 0 radical (unpaired) electrons. The van der Waals surface area contributed by atoms with Gasteiger partial charge in [0, 0.05) is 35.8 Å². The number of nitrogens with one attached hydrogen (secondary N) is 1. The third-order valence-electron chi connectivity index (χ3n) is 6.22. The zero-order valence-electron chi connectivity index (χ0n) is 17.0. The van der Waals surface area contributed by atoms with Crippen LogP contribution in [0.4, 0.5) is 4.39 Å². The van der Waals surface area contributed by atoms with Crippen LogP contribution < -0.4 is 5.32 Å². The van der Waals surface area contributed by atoms with Crippen LogP contribution in [0.15, 0.2) is 59.2 Å². The van der Waals surface area contributed by atoms with Gasteiger partial charge in [-0.3, -0.25) is 9.69 Å². The summed E-state index contributed by atoms with van der Waals surface area (Å²) < 4.78 is 19.1. The van der Waals surface area contributed by atoms with Crippen molar-refractivity contribution in [2.24, 2.45) is 11.3 Å². The second-order valence-corrected chi connectivity index (χ2v) is 9.22. The van der Waals surface area contributed by atoms with E-state index in [1.165, 1.54) is 18.2 Å². The van der Waals surface area contributed by atoms with E-state index in [9.17, 15) is 9.18 Å². The summed E-state index contributed by atoms with van der Waals surface area (Å²) in [4.78, 5) is 19.2. The molecule has 5 nitrogen and oxygen atoms in total. The van der Waals surface area contributed by atoms with E-state index >= 15 is 0 Å². The highest BCUT2D eigenvalue weighted by atomic mass is 35.5. The Morgan fingerprint density at radius 1 is 1.23 bits per heavy atom. The minimum atomic E-state index is -0.503. The highest BCUT2D eigenvalue weighted by Crippen LogP contribution is 2.51. The monoisotopic (exact) mass is 439 g/mol. The zero-order valence-corrected chi connectivity index (χ0v) is 17.7. The first kappa shape index (κ1) is 20.2. The van der Waals surface area contributed by atoms with Gasteiger partial charge in [-0.05, 0) is 42.4 Å². The Morgan fingerprint density at radius 2 is 2.00 bits per heavy atom. The largest absolute Gasteiger partial charge is 0.447 e. The highest BCUT2D eigenvalue weighted by molar-refractivity contribution is 6.31. The van der Waals surface area contributed by atoms with Crippen molar-refractivity contribution in [3.63, 3.8) is 0 Å². The van der Waals surface area contributed by atoms with Crippen LogP contribution >= 0.6 is 11.6 Å². The van der Waals surface area contributed by atoms with Gasteiger partial charge < -0.3 is 9.73 Å². The quantitative estimate of drug-likeness (QED) is 0.600. The third kappa shape index (κ3) is 4.36. The number of aromatic nitrogens is 1. The second-order valence-electron chi connectivity index (χ2n) is 8.78. The predicted octanol–water partition coefficient (Wildman–Crippen LogP) is 4.78. The number of rotatable bonds is 6. The molecule has 3 aromatic rings. The average Bonchev–Trinajstić information content (AvgIpc) is 3.16. The molecule has 1 spiro atoms. The summed E-state index contributed by atoms with van der Waals surface area (Å²) in [6, 6.07) is 13.9. The lowest BCUT2D eigenvalue weighted by atomic mass is 9.57. The number of nitrogens with zero attached hydrogens (tertiary/aromatic N) is 2. The molecule has 2 heterocycles. The Kier molecular flexibility index (Phi) is 5.28. The summed E-state index contributed by atoms with van der Waals surface area (Å²) in [5.41, 5.74) is 2.54. The fourth-order valence-electron chi connectivity index (χ4n) is 4.92. The molecule has 7 heteroatoms. The summed E-state index contributed by atoms with van der Waals surface area (Å²) in [6.45, 7) is 3.38. The Labute approximate surface area is 185 Å². The molecule has 5 rings (SSSR count). The van der Waals surface area contributed by atoms with Crippen molar-refractivity contribution in [2.45, 2.75) is 19.4 Å². The molecular formula is C24H23ClFN3O2. The van der Waals surface area contributed by atoms with Gasteiger partial charge in [0.1, 0.15) is 17.8 Å². The van der Waals surface area contributed by atoms with Gasteiger partial charge in [-0.15, -0.1) is 0 Å². The molecule has 1 N–H and O–H groups in total. The molecule has 1 saturated carbocycles. The summed E-state index contributed by atoms with van der Waals surface area (Å²) in [7, 11) is 0. The van der Waals surface area contributed by atoms with Crippen LogP contribution in [-0.2, 0) is 6.54 Å². The molecule has 1 aliphatic heterocycles. The molecule has 1 saturated heterocycles. The molecular weight excluding hydrogens is 417 g/mol. The zero-order chi connectivity index (χ0) is 21.4. The number of hydrogen-bond acceptors (Lipinski definition) is 4. The molecule has 31 heavy (non-hydrogen) atoms. The first-order valence-electron chi connectivity index (χ1n) is 10.4. The summed E-state index contributed by atoms with van der Waals surface area (Å²) in [5.74, 6) is 0.416. The van der Waals surface area contributed by atoms with E-state index in [2.05, 4.69) is 15.2 Å². The third-order valence-corrected chi connectivity index (χ3v) is 6.44. The van der Waals surface area contributed by atoms with Gasteiger partial charge in [0.05, 0.1) is 6.54 Å². The SMILES string of the molecule is O=C(NCC1CC2(C1)CN(Cc1nc(-c3ccccc3)co1)C2)c1cc(F)cc(Cl)c1. The number of hydrogen-bond donors (Lipinski definition) is 1. The number of carbonyl (C=O) groups is 1. The van der Waals surface area contributed by atoms with Gasteiger partial charge in [0.15, 0.2) is 0 Å². The van der Waals surface area contributed by atoms with Crippen molar-refractivity contribution in [1.82, 2.24) is 15.2 Å². The Bertz CT molecular complexity index is 1070. The predicted molar refractivity (Wildman–Crippen MR) is 116 cm³/mol. The van der Waals surface area contributed by atoms with Gasteiger partial charge >= 0.3 is 0 Å². The van der Waals surface area contributed by atoms with Crippen LogP contribution in [0, 0.1) is 17.2 Å². The van der Waals surface area contributed by atoms with Crippen molar-refractivity contribution in [3.8, 4) is 11.3 Å². The molecule has 0 atom stereocenters. The molecule has 0 bridgehead atoms. The van der Waals surface area contributed by atoms with E-state index < -0.39 is 5.82 Å². The molecule has 2 fully saturated rings. The topological polar surface area (TPSA) is 58.4 Å². The maximum absolute atomic E-state index is 13.4. The second kappa shape index (κ2) is 8.09. The van der Waals surface area contributed by atoms with Crippen LogP contribution in [0.25, 0.3) is 11.3 Å². The maximum atomic E-state index is 13.4. The van der Waals surface area contributed by atoms with Crippen molar-refractivity contribution < 1.29 is 13.6 Å². The molecule has 160 valence electrons. The minimum absolute atomic E-state index is 0.226. The Morgan fingerprint density at radius 3 is 2.74 bits per heavy atom. The fourth-order valence-corrected chi connectivity index (χ4v) is 5.14. The summed E-state index contributed by atoms with van der Waals surface area (Å²) in [6.07, 6.45) is 3.90. The lowest BCUT2D eigenvalue weighted by Crippen LogP contribution is -2.62. The molecule has 1 amide bonds. The number of carbonyl (C=O) groups excluding carboxylic acids is 1. The van der Waals surface area contributed by atoms with Crippen LogP contribution in [0.3, 0.4) is 0 Å². The summed E-state index contributed by atoms with van der Waals surface area (Å²) >= 11 is 5.83. The molecule has 1 aliphatic carbocycles. The maximum Gasteiger partial charge on any atom is 0.251 e. The fraction of sp³-hybridized carbons (Fsp3) is 0.333. The molecule has 2 aromatic carbocycles. The van der Waals surface area contributed by atoms with Crippen LogP contribution in [-0.4, -0.2) is 35.4 Å². The number of likely N-dealkylation sites (tertiary alicyclic amines) is 1. The van der Waals surface area contributed by atoms with E-state index in [1.54, 1.807) is 6.26 Å². The van der Waals surface area contributed by atoms with E-state index in [0.717, 1.165) is 49.6 Å². The van der Waals surface area contributed by atoms with Crippen LogP contribution in [0.2, 0.25) is 5.02 Å². The molecule has 2 aliphatic rings. The lowest BCUT2D eigenvalue weighted by molar-refractivity contribution is -0.0993. The van der Waals surface area contributed by atoms with E-state index in [4.69, 9.17) is 16.0 Å². The van der Waals surface area contributed by atoms with Crippen molar-refractivity contribution in [2.75, 3.05) is 19.6 Å². The number of oxazole rings is 1. The highest BCUT2D eigenvalue weighted by Gasteiger charge is 2.52. The van der Waals surface area contributed by atoms with E-state index in [-0.39, 0.29) is 16.5 Å². The minimum Gasteiger partial charge on any atom is -0.447 e. The average molecular weight is 440 g/mol. The first-order chi connectivity index (χ1) is 15.0. The van der Waals surface area contributed by atoms with Gasteiger partial charge in [0.25, 0.3) is 5.91 Å². The normalized spacial score (nSPS) is 17.9. The lowest BCUT2D eigenvalue weighted by Gasteiger charge is -2.59. The molecule has 0 unspecified atom stereocenters. The van der Waals surface area contributed by atoms with Crippen molar-refractivity contribution in [3.05, 3.63) is 77.1 Å². The standard InChI is InChI=1S/C24H23ClFN3O2/c25-19-6-18(7-20(26)8-19)23(30)27-11-16-9-24(10-16)14-29(15-24)12-22-28-21(13-31-22)17-4-2-1-3-5-17/h1-8,13,16H,9-12,14-15H2,(H,27,30). The number of halogens is 2. The van der Waals surface area contributed by atoms with Crippen LogP contribution in [0.5, 0.6) is 0 Å². The Balaban J connectivity index is 1.06. The number of benzene rings is 2. The van der Waals surface area contributed by atoms with E-state index in [1.807, 2.05) is 30.3 Å². The van der Waals surface area contributed by atoms with Gasteiger partial charge in [-0.25, -0.2) is 9.37 Å². The summed E-state index contributed by atoms with van der Waals surface area (Å²) in [5, 5.41) is 3.13. The van der Waals surface area contributed by atoms with Gasteiger partial charge in [-0.2, -0.15) is 0 Å². The van der Waals surface area contributed by atoms with E-state index in [0.29, 0.717) is 17.9 Å². The van der Waals surface area contributed by atoms with Crippen LogP contribution in [0.1, 0.15) is 29.1 Å². The Hall–Kier alpha value is -2.70.